The van der Waals surface area contributed by atoms with E-state index in [9.17, 15) is 0 Å². The van der Waals surface area contributed by atoms with Gasteiger partial charge in [-0.15, -0.1) is 0 Å². The third-order valence-electron chi connectivity index (χ3n) is 2.20. The summed E-state index contributed by atoms with van der Waals surface area (Å²) in [4.78, 5) is 0. The maximum absolute atomic E-state index is 2.34. The van der Waals surface area contributed by atoms with Gasteiger partial charge in [-0.2, -0.15) is 11.8 Å². The first-order valence-electron chi connectivity index (χ1n) is 4.78. The van der Waals surface area contributed by atoms with Crippen LogP contribution in [0.5, 0.6) is 0 Å². The Morgan fingerprint density at radius 3 is 1.55 bits per heavy atom. The van der Waals surface area contributed by atoms with E-state index in [4.69, 9.17) is 0 Å². The van der Waals surface area contributed by atoms with Crippen molar-refractivity contribution in [1.82, 2.24) is 0 Å². The molecule has 11 heavy (non-hydrogen) atoms. The summed E-state index contributed by atoms with van der Waals surface area (Å²) in [5.41, 5.74) is 0. The summed E-state index contributed by atoms with van der Waals surface area (Å²) in [6, 6.07) is 0. The zero-order valence-corrected chi connectivity index (χ0v) is 9.21. The van der Waals surface area contributed by atoms with Crippen LogP contribution in [0.2, 0.25) is 0 Å². The van der Waals surface area contributed by atoms with Gasteiger partial charge in [-0.05, 0) is 23.3 Å². The fraction of sp³-hybridized carbons (Fsp3) is 1.00. The van der Waals surface area contributed by atoms with E-state index in [1.54, 1.807) is 0 Å². The maximum atomic E-state index is 2.34. The fourth-order valence-electron chi connectivity index (χ4n) is 0.706. The van der Waals surface area contributed by atoms with Gasteiger partial charge in [0.1, 0.15) is 0 Å². The highest BCUT2D eigenvalue weighted by Crippen LogP contribution is 2.15. The first kappa shape index (κ1) is 11.4. The van der Waals surface area contributed by atoms with E-state index in [1.807, 2.05) is 0 Å². The van der Waals surface area contributed by atoms with E-state index >= 15 is 0 Å². The van der Waals surface area contributed by atoms with Crippen molar-refractivity contribution in [2.24, 2.45) is 11.8 Å². The van der Waals surface area contributed by atoms with Crippen LogP contribution in [0.1, 0.15) is 40.5 Å². The van der Waals surface area contributed by atoms with Gasteiger partial charge in [0, 0.05) is 0 Å². The van der Waals surface area contributed by atoms with Gasteiger partial charge in [-0.25, -0.2) is 0 Å². The van der Waals surface area contributed by atoms with Crippen molar-refractivity contribution in [2.75, 3.05) is 11.5 Å². The predicted molar refractivity (Wildman–Crippen MR) is 56.2 cm³/mol. The predicted octanol–water partition coefficient (Wildman–Crippen LogP) is 3.81. The van der Waals surface area contributed by atoms with E-state index in [-0.39, 0.29) is 0 Å². The van der Waals surface area contributed by atoms with Crippen molar-refractivity contribution in [1.29, 1.82) is 0 Å². The van der Waals surface area contributed by atoms with Gasteiger partial charge in [0.05, 0.1) is 0 Å². The average Bonchev–Trinajstić information content (AvgIpc) is 2.04. The summed E-state index contributed by atoms with van der Waals surface area (Å²) in [6.45, 7) is 9.22. The SMILES string of the molecule is CC[C@H](C)CSC[C@@H](C)CC. The highest BCUT2D eigenvalue weighted by Gasteiger charge is 2.01. The van der Waals surface area contributed by atoms with Gasteiger partial charge in [0.2, 0.25) is 0 Å². The van der Waals surface area contributed by atoms with Crippen LogP contribution in [0.25, 0.3) is 0 Å². The third-order valence-corrected chi connectivity index (χ3v) is 3.81. The van der Waals surface area contributed by atoms with Crippen LogP contribution in [-0.2, 0) is 0 Å². The minimum atomic E-state index is 0.907. The van der Waals surface area contributed by atoms with Crippen LogP contribution < -0.4 is 0 Å². The van der Waals surface area contributed by atoms with Crippen LogP contribution in [0, 0.1) is 11.8 Å². The Bertz CT molecular complexity index is 70.9. The molecule has 0 saturated carbocycles. The summed E-state index contributed by atoms with van der Waals surface area (Å²) >= 11 is 2.12. The number of thioether (sulfide) groups is 1. The molecular formula is C10H22S. The van der Waals surface area contributed by atoms with Gasteiger partial charge in [0.25, 0.3) is 0 Å². The standard InChI is InChI=1S/C10H22S/c1-5-9(3)7-11-8-10(4)6-2/h9-10H,5-8H2,1-4H3/t9-,10-/m0/s1. The Hall–Kier alpha value is 0.350. The second-order valence-electron chi connectivity index (χ2n) is 3.56. The smallest absolute Gasteiger partial charge is 0.00418 e. The van der Waals surface area contributed by atoms with E-state index in [0.29, 0.717) is 0 Å². The first-order valence-corrected chi connectivity index (χ1v) is 5.93. The number of hydrogen-bond acceptors (Lipinski definition) is 1. The highest BCUT2D eigenvalue weighted by molar-refractivity contribution is 7.99. The van der Waals surface area contributed by atoms with Crippen LogP contribution in [0.4, 0.5) is 0 Å². The Balaban J connectivity index is 3.13. The zero-order valence-electron chi connectivity index (χ0n) is 8.39. The molecule has 0 unspecified atom stereocenters. The van der Waals surface area contributed by atoms with E-state index in [1.165, 1.54) is 24.3 Å². The van der Waals surface area contributed by atoms with Crippen LogP contribution in [-0.4, -0.2) is 11.5 Å². The minimum absolute atomic E-state index is 0.907. The Kier molecular flexibility index (Phi) is 7.25. The molecule has 2 atom stereocenters. The Morgan fingerprint density at radius 2 is 1.27 bits per heavy atom. The molecule has 0 bridgehead atoms. The summed E-state index contributed by atoms with van der Waals surface area (Å²) in [6.07, 6.45) is 2.65. The molecule has 0 aromatic carbocycles. The molecule has 0 spiro atoms. The van der Waals surface area contributed by atoms with Crippen LogP contribution in [0.3, 0.4) is 0 Å². The average molecular weight is 174 g/mol. The third kappa shape index (κ3) is 6.74. The van der Waals surface area contributed by atoms with E-state index < -0.39 is 0 Å². The van der Waals surface area contributed by atoms with E-state index in [0.717, 1.165) is 11.8 Å². The monoisotopic (exact) mass is 174 g/mol. The molecule has 0 amide bonds. The largest absolute Gasteiger partial charge is 0.161 e. The summed E-state index contributed by atoms with van der Waals surface area (Å²) in [7, 11) is 0. The topological polar surface area (TPSA) is 0 Å². The van der Waals surface area contributed by atoms with Crippen LogP contribution in [0.15, 0.2) is 0 Å². The molecule has 68 valence electrons. The molecule has 0 N–H and O–H groups in total. The van der Waals surface area contributed by atoms with Crippen molar-refractivity contribution in [3.8, 4) is 0 Å². The molecule has 0 aliphatic rings. The molecule has 0 aliphatic heterocycles. The van der Waals surface area contributed by atoms with Crippen molar-refractivity contribution < 1.29 is 0 Å². The molecule has 0 saturated heterocycles. The maximum Gasteiger partial charge on any atom is -0.00418 e. The van der Waals surface area contributed by atoms with Crippen LogP contribution >= 0.6 is 11.8 Å². The number of rotatable bonds is 6. The van der Waals surface area contributed by atoms with Crippen molar-refractivity contribution in [3.63, 3.8) is 0 Å². The van der Waals surface area contributed by atoms with E-state index in [2.05, 4.69) is 39.5 Å². The lowest BCUT2D eigenvalue weighted by atomic mass is 10.2. The molecule has 0 aliphatic carbocycles. The molecule has 1 heteroatoms. The minimum Gasteiger partial charge on any atom is -0.161 e. The highest BCUT2D eigenvalue weighted by atomic mass is 32.2. The van der Waals surface area contributed by atoms with Gasteiger partial charge < -0.3 is 0 Å². The molecule has 0 heterocycles. The lowest BCUT2D eigenvalue weighted by molar-refractivity contribution is 0.621. The number of hydrogen-bond donors (Lipinski definition) is 0. The van der Waals surface area contributed by atoms with Gasteiger partial charge in [-0.1, -0.05) is 40.5 Å². The first-order chi connectivity index (χ1) is 5.20. The molecule has 0 rings (SSSR count). The van der Waals surface area contributed by atoms with Crippen molar-refractivity contribution >= 4 is 11.8 Å². The molecule has 0 fully saturated rings. The van der Waals surface area contributed by atoms with Gasteiger partial charge in [-0.3, -0.25) is 0 Å². The molecule has 0 radical (unpaired) electrons. The summed E-state index contributed by atoms with van der Waals surface area (Å²) in [5.74, 6) is 4.51. The fourth-order valence-corrected chi connectivity index (χ4v) is 2.12. The lowest BCUT2D eigenvalue weighted by Gasteiger charge is -2.10. The second-order valence-corrected chi connectivity index (χ2v) is 4.64. The Morgan fingerprint density at radius 1 is 0.909 bits per heavy atom. The van der Waals surface area contributed by atoms with Gasteiger partial charge in [0.15, 0.2) is 0 Å². The Labute approximate surface area is 76.1 Å². The summed E-state index contributed by atoms with van der Waals surface area (Å²) < 4.78 is 0. The van der Waals surface area contributed by atoms with Gasteiger partial charge >= 0.3 is 0 Å². The normalized spacial score (nSPS) is 16.4. The quantitative estimate of drug-likeness (QED) is 0.590. The molecule has 0 aromatic rings. The summed E-state index contributed by atoms with van der Waals surface area (Å²) in [5, 5.41) is 0. The van der Waals surface area contributed by atoms with Crippen molar-refractivity contribution in [3.05, 3.63) is 0 Å². The van der Waals surface area contributed by atoms with Crippen molar-refractivity contribution in [2.45, 2.75) is 40.5 Å². The molecule has 0 aromatic heterocycles. The molecular weight excluding hydrogens is 152 g/mol. The zero-order chi connectivity index (χ0) is 8.69. The molecule has 0 nitrogen and oxygen atoms in total. The second kappa shape index (κ2) is 7.02. The lowest BCUT2D eigenvalue weighted by Crippen LogP contribution is -2.01.